The van der Waals surface area contributed by atoms with Gasteiger partial charge in [0.1, 0.15) is 5.75 Å². The van der Waals surface area contributed by atoms with E-state index in [1.54, 1.807) is 24.3 Å². The highest BCUT2D eigenvalue weighted by Gasteiger charge is 2.17. The van der Waals surface area contributed by atoms with E-state index in [0.29, 0.717) is 42.6 Å². The second kappa shape index (κ2) is 8.13. The van der Waals surface area contributed by atoms with E-state index in [4.69, 9.17) is 14.6 Å². The molecule has 132 valence electrons. The summed E-state index contributed by atoms with van der Waals surface area (Å²) in [6, 6.07) is 8.93. The van der Waals surface area contributed by atoms with Gasteiger partial charge in [-0.1, -0.05) is 0 Å². The maximum absolute atomic E-state index is 12.4. The van der Waals surface area contributed by atoms with E-state index in [2.05, 4.69) is 5.32 Å². The van der Waals surface area contributed by atoms with E-state index < -0.39 is 5.97 Å². The van der Waals surface area contributed by atoms with Gasteiger partial charge in [-0.15, -0.1) is 11.3 Å². The number of ether oxygens (including phenoxy) is 2. The van der Waals surface area contributed by atoms with Crippen LogP contribution in [0.15, 0.2) is 30.3 Å². The number of carboxylic acids is 1. The average Bonchev–Trinajstić information content (AvgIpc) is 3.04. The monoisotopic (exact) mass is 361 g/mol. The fourth-order valence-corrected chi connectivity index (χ4v) is 3.54. The number of hydrogen-bond donors (Lipinski definition) is 2. The first kappa shape index (κ1) is 17.4. The summed E-state index contributed by atoms with van der Waals surface area (Å²) in [5.74, 6) is -0.315. The summed E-state index contributed by atoms with van der Waals surface area (Å²) in [6.45, 7) is 1.64. The van der Waals surface area contributed by atoms with Crippen molar-refractivity contribution in [3.05, 3.63) is 45.6 Å². The number of fused-ring (bicyclic) bond motifs is 1. The van der Waals surface area contributed by atoms with Crippen molar-refractivity contribution < 1.29 is 24.2 Å². The van der Waals surface area contributed by atoms with Crippen molar-refractivity contribution in [2.45, 2.75) is 25.9 Å². The van der Waals surface area contributed by atoms with Gasteiger partial charge < -0.3 is 19.9 Å². The van der Waals surface area contributed by atoms with Gasteiger partial charge in [-0.3, -0.25) is 9.59 Å². The number of aliphatic carboxylic acids is 1. The normalized spacial score (nSPS) is 13.1. The van der Waals surface area contributed by atoms with Crippen LogP contribution in [-0.2, 0) is 22.6 Å². The molecule has 7 heteroatoms. The summed E-state index contributed by atoms with van der Waals surface area (Å²) in [5.41, 5.74) is 1.79. The van der Waals surface area contributed by atoms with Crippen molar-refractivity contribution in [1.29, 1.82) is 0 Å². The Morgan fingerprint density at radius 1 is 1.28 bits per heavy atom. The van der Waals surface area contributed by atoms with Crippen LogP contribution in [0.3, 0.4) is 0 Å². The summed E-state index contributed by atoms with van der Waals surface area (Å²) in [5, 5.41) is 11.5. The lowest BCUT2D eigenvalue weighted by Gasteiger charge is -2.10. The van der Waals surface area contributed by atoms with Crippen LogP contribution in [0.2, 0.25) is 0 Å². The number of carboxylic acid groups (broad SMARTS) is 1. The van der Waals surface area contributed by atoms with Crippen LogP contribution in [0.4, 0.5) is 5.69 Å². The molecule has 0 aliphatic carbocycles. The maximum Gasteiger partial charge on any atom is 0.303 e. The first-order valence-electron chi connectivity index (χ1n) is 8.07. The van der Waals surface area contributed by atoms with E-state index in [1.165, 1.54) is 16.2 Å². The van der Waals surface area contributed by atoms with E-state index in [9.17, 15) is 9.59 Å². The largest absolute Gasteiger partial charge is 0.494 e. The highest BCUT2D eigenvalue weighted by molar-refractivity contribution is 7.14. The molecular weight excluding hydrogens is 342 g/mol. The molecule has 2 heterocycles. The van der Waals surface area contributed by atoms with E-state index in [0.717, 1.165) is 12.0 Å². The predicted octanol–water partition coefficient (Wildman–Crippen LogP) is 3.32. The zero-order valence-electron chi connectivity index (χ0n) is 13.6. The maximum atomic E-state index is 12.4. The zero-order valence-corrected chi connectivity index (χ0v) is 14.4. The zero-order chi connectivity index (χ0) is 17.6. The van der Waals surface area contributed by atoms with Gasteiger partial charge in [-0.05, 0) is 42.3 Å². The lowest BCUT2D eigenvalue weighted by molar-refractivity contribution is -0.137. The average molecular weight is 361 g/mol. The van der Waals surface area contributed by atoms with Gasteiger partial charge in [0.2, 0.25) is 0 Å². The third kappa shape index (κ3) is 4.80. The number of carbonyl (C=O) groups excluding carboxylic acids is 1. The summed E-state index contributed by atoms with van der Waals surface area (Å²) in [6.07, 6.45) is 1.41. The van der Waals surface area contributed by atoms with Crippen molar-refractivity contribution in [3.63, 3.8) is 0 Å². The fraction of sp³-hybridized carbons (Fsp3) is 0.333. The second-order valence-electron chi connectivity index (χ2n) is 5.69. The van der Waals surface area contributed by atoms with Gasteiger partial charge in [-0.25, -0.2) is 0 Å². The van der Waals surface area contributed by atoms with E-state index in [-0.39, 0.29) is 12.3 Å². The number of anilines is 1. The van der Waals surface area contributed by atoms with Crippen LogP contribution in [0.25, 0.3) is 0 Å². The summed E-state index contributed by atoms with van der Waals surface area (Å²) in [7, 11) is 0. The van der Waals surface area contributed by atoms with E-state index in [1.807, 2.05) is 6.07 Å². The number of amides is 1. The molecule has 1 aliphatic heterocycles. The molecule has 3 rings (SSSR count). The van der Waals surface area contributed by atoms with Crippen molar-refractivity contribution in [1.82, 2.24) is 0 Å². The Kier molecular flexibility index (Phi) is 5.67. The second-order valence-corrected chi connectivity index (χ2v) is 6.82. The number of carbonyl (C=O) groups is 2. The Balaban J connectivity index is 1.53. The number of hydrogen-bond acceptors (Lipinski definition) is 5. The SMILES string of the molecule is O=C(O)CCCOc1ccc(NC(=O)c2cc3c(s2)CCOC3)cc1. The first-order valence-corrected chi connectivity index (χ1v) is 8.89. The predicted molar refractivity (Wildman–Crippen MR) is 94.4 cm³/mol. The number of nitrogens with one attached hydrogen (secondary N) is 1. The topological polar surface area (TPSA) is 84.9 Å². The van der Waals surface area contributed by atoms with E-state index >= 15 is 0 Å². The Bertz CT molecular complexity index is 730. The van der Waals surface area contributed by atoms with Crippen LogP contribution in [0.5, 0.6) is 5.75 Å². The molecule has 1 aromatic carbocycles. The van der Waals surface area contributed by atoms with Crippen LogP contribution in [-0.4, -0.2) is 30.2 Å². The van der Waals surface area contributed by atoms with Crippen molar-refractivity contribution in [2.75, 3.05) is 18.5 Å². The number of thiophene rings is 1. The number of rotatable bonds is 7. The molecule has 0 unspecified atom stereocenters. The smallest absolute Gasteiger partial charge is 0.303 e. The van der Waals surface area contributed by atoms with Gasteiger partial charge in [0.15, 0.2) is 0 Å². The highest BCUT2D eigenvalue weighted by atomic mass is 32.1. The van der Waals surface area contributed by atoms with Crippen LogP contribution in [0, 0.1) is 0 Å². The van der Waals surface area contributed by atoms with Crippen molar-refractivity contribution >= 4 is 28.9 Å². The van der Waals surface area contributed by atoms with Crippen molar-refractivity contribution in [3.8, 4) is 5.75 Å². The molecule has 0 atom stereocenters. The first-order chi connectivity index (χ1) is 12.1. The molecule has 0 radical (unpaired) electrons. The van der Waals surface area contributed by atoms with Crippen molar-refractivity contribution in [2.24, 2.45) is 0 Å². The molecule has 1 aliphatic rings. The molecule has 25 heavy (non-hydrogen) atoms. The van der Waals surface area contributed by atoms with Crippen LogP contribution >= 0.6 is 11.3 Å². The van der Waals surface area contributed by atoms with Gasteiger partial charge >= 0.3 is 5.97 Å². The molecular formula is C18H19NO5S. The Morgan fingerprint density at radius 3 is 2.80 bits per heavy atom. The lowest BCUT2D eigenvalue weighted by atomic mass is 10.2. The molecule has 1 amide bonds. The third-order valence-corrected chi connectivity index (χ3v) is 5.00. The van der Waals surface area contributed by atoms with Crippen LogP contribution in [0.1, 0.15) is 33.0 Å². The Morgan fingerprint density at radius 2 is 2.08 bits per heavy atom. The summed E-state index contributed by atoms with van der Waals surface area (Å²) >= 11 is 1.52. The molecule has 2 N–H and O–H groups in total. The minimum Gasteiger partial charge on any atom is -0.494 e. The van der Waals surface area contributed by atoms with Gasteiger partial charge in [0.25, 0.3) is 5.91 Å². The van der Waals surface area contributed by atoms with Gasteiger partial charge in [0, 0.05) is 23.4 Å². The quantitative estimate of drug-likeness (QED) is 0.739. The minimum absolute atomic E-state index is 0.0873. The minimum atomic E-state index is -0.830. The van der Waals surface area contributed by atoms with Gasteiger partial charge in [-0.2, -0.15) is 0 Å². The fourth-order valence-electron chi connectivity index (χ4n) is 2.50. The Labute approximate surface area is 149 Å². The van der Waals surface area contributed by atoms with Gasteiger partial charge in [0.05, 0.1) is 24.7 Å². The standard InChI is InChI=1S/C18H19NO5S/c20-17(21)2-1-8-24-14-5-3-13(4-6-14)19-18(22)16-10-12-11-23-9-7-15(12)25-16/h3-6,10H,1-2,7-9,11H2,(H,19,22)(H,20,21). The molecule has 0 spiro atoms. The molecule has 0 fully saturated rings. The molecule has 6 nitrogen and oxygen atoms in total. The molecule has 0 saturated heterocycles. The third-order valence-electron chi connectivity index (χ3n) is 3.77. The molecule has 1 aromatic heterocycles. The molecule has 0 saturated carbocycles. The number of benzene rings is 1. The molecule has 2 aromatic rings. The lowest BCUT2D eigenvalue weighted by Crippen LogP contribution is -2.10. The Hall–Kier alpha value is -2.38. The van der Waals surface area contributed by atoms with Crippen LogP contribution < -0.4 is 10.1 Å². The summed E-state index contributed by atoms with van der Waals surface area (Å²) in [4.78, 5) is 24.7. The summed E-state index contributed by atoms with van der Waals surface area (Å²) < 4.78 is 10.9. The molecule has 0 bridgehead atoms. The highest BCUT2D eigenvalue weighted by Crippen LogP contribution is 2.27.